The van der Waals surface area contributed by atoms with Gasteiger partial charge < -0.3 is 40.3 Å². The lowest BCUT2D eigenvalue weighted by molar-refractivity contribution is -0.302. The molecule has 1 rings (SSSR count). The minimum absolute atomic E-state index is 0.189. The normalized spacial score (nSPS) is 19.2. The molecule has 1 saturated heterocycles. The van der Waals surface area contributed by atoms with Crippen LogP contribution in [0.5, 0.6) is 0 Å². The van der Waals surface area contributed by atoms with Gasteiger partial charge in [0.15, 0.2) is 6.29 Å². The third kappa shape index (κ3) is 48.6. The molecule has 1 amide bonds. The van der Waals surface area contributed by atoms with E-state index in [9.17, 15) is 30.3 Å². The first-order chi connectivity index (χ1) is 39.8. The molecule has 0 aromatic heterocycles. The maximum atomic E-state index is 13.1. The molecule has 1 aliphatic heterocycles. The highest BCUT2D eigenvalue weighted by Gasteiger charge is 2.44. The van der Waals surface area contributed by atoms with Crippen molar-refractivity contribution in [1.29, 1.82) is 0 Å². The number of unbranched alkanes of at least 4 members (excludes halogenated alkanes) is 28. The number of nitrogens with one attached hydrogen (secondary N) is 1. The van der Waals surface area contributed by atoms with E-state index in [4.69, 9.17) is 9.47 Å². The summed E-state index contributed by atoms with van der Waals surface area (Å²) in [5, 5.41) is 54.6. The summed E-state index contributed by atoms with van der Waals surface area (Å²) in [5.74, 6) is -0.189. The van der Waals surface area contributed by atoms with Crippen molar-refractivity contribution in [3.05, 3.63) is 122 Å². The Bertz CT molecular complexity index is 1690. The van der Waals surface area contributed by atoms with Crippen molar-refractivity contribution >= 4 is 5.91 Å². The molecule has 6 N–H and O–H groups in total. The van der Waals surface area contributed by atoms with Crippen LogP contribution in [0.2, 0.25) is 0 Å². The molecule has 0 aromatic rings. The summed E-state index contributed by atoms with van der Waals surface area (Å²) >= 11 is 0. The molecule has 1 heterocycles. The van der Waals surface area contributed by atoms with Gasteiger partial charge in [0, 0.05) is 6.42 Å². The molecule has 7 unspecified atom stereocenters. The predicted octanol–water partition coefficient (Wildman–Crippen LogP) is 17.9. The van der Waals surface area contributed by atoms with Crippen LogP contribution in [0.3, 0.4) is 0 Å². The lowest BCUT2D eigenvalue weighted by atomic mass is 9.99. The van der Waals surface area contributed by atoms with Crippen molar-refractivity contribution in [3.63, 3.8) is 0 Å². The van der Waals surface area contributed by atoms with Crippen LogP contribution in [0, 0.1) is 0 Å². The number of aliphatic hydroxyl groups is 5. The molecule has 0 aromatic carbocycles. The van der Waals surface area contributed by atoms with E-state index >= 15 is 0 Å². The average molecular weight is 1130 g/mol. The van der Waals surface area contributed by atoms with E-state index in [0.29, 0.717) is 6.42 Å². The molecule has 0 aliphatic carbocycles. The van der Waals surface area contributed by atoms with E-state index in [2.05, 4.69) is 129 Å². The summed E-state index contributed by atoms with van der Waals surface area (Å²) < 4.78 is 11.3. The Hall–Kier alpha value is -3.41. The van der Waals surface area contributed by atoms with E-state index in [1.54, 1.807) is 6.08 Å². The number of ether oxygens (including phenoxy) is 2. The molecule has 9 nitrogen and oxygen atoms in total. The standard InChI is InChI=1S/C72H123NO8/c1-3-5-7-9-11-13-15-17-19-21-22-23-24-25-26-27-28-29-30-31-32-33-34-35-36-37-38-39-40-41-42-43-44-46-48-50-52-54-56-58-60-62-68(76)73-65(64-80-72-71(79)70(78)69(77)67(63-74)81-72)66(75)61-59-57-55-53-51-49-47-45-20-18-16-14-12-10-8-6-4-2/h5,7,11,13,17,19,22-23,25-26,28-29,31-32,34-35,51,53,59,61,65-67,69-72,74-75,77-79H,3-4,6,8-10,12,14-16,18,20-21,24,27,30,33,36-50,52,54-58,60,62-64H2,1-2H3,(H,73,76)/b7-5-,13-11-,19-17-,23-22-,26-25-,29-28-,32-31-,35-34-,53-51+,61-59+. The Labute approximate surface area is 497 Å². The number of allylic oxidation sites excluding steroid dienone is 19. The van der Waals surface area contributed by atoms with Crippen molar-refractivity contribution in [2.45, 2.75) is 314 Å². The van der Waals surface area contributed by atoms with Gasteiger partial charge in [-0.15, -0.1) is 0 Å². The number of rotatable bonds is 56. The van der Waals surface area contributed by atoms with Gasteiger partial charge in [-0.2, -0.15) is 0 Å². The second kappa shape index (κ2) is 59.7. The molecule has 0 radical (unpaired) electrons. The number of hydrogen-bond acceptors (Lipinski definition) is 8. The van der Waals surface area contributed by atoms with E-state index in [0.717, 1.165) is 89.9 Å². The minimum atomic E-state index is -1.58. The average Bonchev–Trinajstić information content (AvgIpc) is 3.49. The van der Waals surface area contributed by atoms with Crippen LogP contribution in [-0.2, 0) is 14.3 Å². The number of carbonyl (C=O) groups is 1. The molecule has 1 aliphatic rings. The molecule has 0 bridgehead atoms. The van der Waals surface area contributed by atoms with E-state index in [1.165, 1.54) is 161 Å². The van der Waals surface area contributed by atoms with Crippen LogP contribution >= 0.6 is 0 Å². The number of aliphatic hydroxyl groups excluding tert-OH is 5. The van der Waals surface area contributed by atoms with Gasteiger partial charge >= 0.3 is 0 Å². The van der Waals surface area contributed by atoms with Crippen LogP contribution in [0.4, 0.5) is 0 Å². The van der Waals surface area contributed by atoms with Gasteiger partial charge in [-0.1, -0.05) is 289 Å². The summed E-state index contributed by atoms with van der Waals surface area (Å²) in [6.45, 7) is 3.65. The zero-order chi connectivity index (χ0) is 58.6. The van der Waals surface area contributed by atoms with Crippen molar-refractivity contribution in [2.75, 3.05) is 13.2 Å². The number of amides is 1. The van der Waals surface area contributed by atoms with Gasteiger partial charge in [-0.3, -0.25) is 4.79 Å². The first-order valence-corrected chi connectivity index (χ1v) is 33.3. The van der Waals surface area contributed by atoms with Gasteiger partial charge in [-0.05, 0) is 96.3 Å². The van der Waals surface area contributed by atoms with Crippen LogP contribution < -0.4 is 5.32 Å². The maximum absolute atomic E-state index is 13.1. The van der Waals surface area contributed by atoms with Gasteiger partial charge in [-0.25, -0.2) is 0 Å². The van der Waals surface area contributed by atoms with Gasteiger partial charge in [0.25, 0.3) is 0 Å². The third-order valence-electron chi connectivity index (χ3n) is 15.0. The second-order valence-corrected chi connectivity index (χ2v) is 22.5. The van der Waals surface area contributed by atoms with E-state index in [1.807, 2.05) is 6.08 Å². The molecule has 9 heteroatoms. The Morgan fingerprint density at radius 2 is 0.778 bits per heavy atom. The molecule has 0 spiro atoms. The summed E-state index contributed by atoms with van der Waals surface area (Å²) in [6.07, 6.45) is 82.9. The Morgan fingerprint density at radius 3 is 1.19 bits per heavy atom. The molecule has 0 saturated carbocycles. The number of hydrogen-bond donors (Lipinski definition) is 6. The zero-order valence-electron chi connectivity index (χ0n) is 51.7. The van der Waals surface area contributed by atoms with E-state index < -0.39 is 49.5 Å². The quantitative estimate of drug-likeness (QED) is 0.0261. The highest BCUT2D eigenvalue weighted by molar-refractivity contribution is 5.76. The van der Waals surface area contributed by atoms with E-state index in [-0.39, 0.29) is 12.5 Å². The van der Waals surface area contributed by atoms with Gasteiger partial charge in [0.05, 0.1) is 25.4 Å². The third-order valence-corrected chi connectivity index (χ3v) is 15.0. The molecule has 7 atom stereocenters. The van der Waals surface area contributed by atoms with Gasteiger partial charge in [0.1, 0.15) is 24.4 Å². The fourth-order valence-corrected chi connectivity index (χ4v) is 9.84. The largest absolute Gasteiger partial charge is 0.394 e. The first kappa shape index (κ1) is 75.6. The van der Waals surface area contributed by atoms with Crippen molar-refractivity contribution < 1.29 is 39.8 Å². The lowest BCUT2D eigenvalue weighted by Crippen LogP contribution is -2.60. The summed E-state index contributed by atoms with van der Waals surface area (Å²) in [7, 11) is 0. The highest BCUT2D eigenvalue weighted by Crippen LogP contribution is 2.23. The van der Waals surface area contributed by atoms with Crippen molar-refractivity contribution in [1.82, 2.24) is 5.32 Å². The molecular formula is C72H123NO8. The van der Waals surface area contributed by atoms with Crippen LogP contribution in [0.15, 0.2) is 122 Å². The highest BCUT2D eigenvalue weighted by atomic mass is 16.7. The Morgan fingerprint density at radius 1 is 0.432 bits per heavy atom. The number of carbonyl (C=O) groups excluding carboxylic acids is 1. The van der Waals surface area contributed by atoms with Crippen LogP contribution in [0.25, 0.3) is 0 Å². The fraction of sp³-hybridized carbons (Fsp3) is 0.708. The second-order valence-electron chi connectivity index (χ2n) is 22.5. The maximum Gasteiger partial charge on any atom is 0.220 e. The minimum Gasteiger partial charge on any atom is -0.394 e. The van der Waals surface area contributed by atoms with Crippen molar-refractivity contribution in [2.24, 2.45) is 0 Å². The fourth-order valence-electron chi connectivity index (χ4n) is 9.84. The van der Waals surface area contributed by atoms with Gasteiger partial charge in [0.2, 0.25) is 5.91 Å². The predicted molar refractivity (Wildman–Crippen MR) is 345 cm³/mol. The smallest absolute Gasteiger partial charge is 0.220 e. The van der Waals surface area contributed by atoms with Crippen molar-refractivity contribution in [3.8, 4) is 0 Å². The molecule has 81 heavy (non-hydrogen) atoms. The summed E-state index contributed by atoms with van der Waals surface area (Å²) in [4.78, 5) is 13.1. The SMILES string of the molecule is CC/C=C\C/C=C\C/C=C\C/C=C\C/C=C\C/C=C\C/C=C\C/C=C\CCCCCCCCCCCCCCCCCCC(=O)NC(COC1OC(CO)C(O)C(O)C1O)C(O)/C=C/CC/C=C/CCCCCCCCCCCCC. The molecular weight excluding hydrogens is 1010 g/mol. The van der Waals surface area contributed by atoms with Crippen LogP contribution in [0.1, 0.15) is 271 Å². The van der Waals surface area contributed by atoms with Crippen LogP contribution in [-0.4, -0.2) is 87.5 Å². The Balaban J connectivity index is 2.11. The zero-order valence-corrected chi connectivity index (χ0v) is 51.7. The first-order valence-electron chi connectivity index (χ1n) is 33.3. The molecule has 1 fully saturated rings. The monoisotopic (exact) mass is 1130 g/mol. The molecule has 464 valence electrons. The topological polar surface area (TPSA) is 149 Å². The summed E-state index contributed by atoms with van der Waals surface area (Å²) in [6, 6.07) is -0.828. The summed E-state index contributed by atoms with van der Waals surface area (Å²) in [5.41, 5.74) is 0. The Kier molecular flexibility index (Phi) is 55.8. The lowest BCUT2D eigenvalue weighted by Gasteiger charge is -2.40.